The van der Waals surface area contributed by atoms with Crippen molar-refractivity contribution in [3.05, 3.63) is 21.0 Å². The lowest BCUT2D eigenvalue weighted by Gasteiger charge is -2.15. The molecule has 0 fully saturated rings. The molecule has 0 atom stereocenters. The van der Waals surface area contributed by atoms with Crippen LogP contribution in [-0.4, -0.2) is 11.3 Å². The summed E-state index contributed by atoms with van der Waals surface area (Å²) >= 11 is 6.99. The van der Waals surface area contributed by atoms with Crippen molar-refractivity contribution in [2.45, 2.75) is 18.7 Å². The Morgan fingerprint density at radius 1 is 1.41 bits per heavy atom. The highest BCUT2D eigenvalue weighted by Crippen LogP contribution is 2.36. The van der Waals surface area contributed by atoms with E-state index >= 15 is 0 Å². The van der Waals surface area contributed by atoms with Crippen LogP contribution in [0, 0.1) is 3.70 Å². The van der Waals surface area contributed by atoms with E-state index in [0.29, 0.717) is 0 Å². The van der Waals surface area contributed by atoms with Crippen molar-refractivity contribution >= 4 is 34.2 Å². The molecule has 1 aromatic rings. The number of hydrogen-bond donors (Lipinski definition) is 0. The Bertz CT molecular complexity index is 412. The molecule has 96 valence electrons. The van der Waals surface area contributed by atoms with Gasteiger partial charge in [-0.3, -0.25) is 0 Å². The highest BCUT2D eigenvalue weighted by Gasteiger charge is 2.35. The first kappa shape index (κ1) is 14.7. The highest BCUT2D eigenvalue weighted by molar-refractivity contribution is 14.1. The zero-order valence-electron chi connectivity index (χ0n) is 7.86. The quantitative estimate of drug-likeness (QED) is 0.335. The van der Waals surface area contributed by atoms with E-state index in [2.05, 4.69) is 9.72 Å². The Balaban J connectivity index is 3.32. The number of aromatic nitrogens is 1. The molecule has 1 heterocycles. The lowest BCUT2D eigenvalue weighted by molar-refractivity contribution is -0.275. The van der Waals surface area contributed by atoms with Gasteiger partial charge in [-0.25, -0.2) is 13.8 Å². The van der Waals surface area contributed by atoms with E-state index in [0.717, 1.165) is 6.07 Å². The lowest BCUT2D eigenvalue weighted by atomic mass is 10.2. The summed E-state index contributed by atoms with van der Waals surface area (Å²) in [5, 5.41) is 0. The number of hydrogen-bond acceptors (Lipinski definition) is 2. The maximum Gasteiger partial charge on any atom is 0.573 e. The van der Waals surface area contributed by atoms with Gasteiger partial charge in [-0.2, -0.15) is 0 Å². The van der Waals surface area contributed by atoms with Gasteiger partial charge in [-0.05, 0) is 28.7 Å². The van der Waals surface area contributed by atoms with Crippen LogP contribution in [0.5, 0.6) is 5.75 Å². The van der Waals surface area contributed by atoms with Crippen LogP contribution in [0.2, 0.25) is 0 Å². The Hall–Kier alpha value is -0.380. The Morgan fingerprint density at radius 2 is 2.00 bits per heavy atom. The molecule has 1 aromatic heterocycles. The summed E-state index contributed by atoms with van der Waals surface area (Å²) in [7, 11) is 0. The van der Waals surface area contributed by atoms with Crippen LogP contribution in [0.15, 0.2) is 6.07 Å². The van der Waals surface area contributed by atoms with Crippen molar-refractivity contribution in [2.24, 2.45) is 0 Å². The summed E-state index contributed by atoms with van der Waals surface area (Å²) in [5.41, 5.74) is -1.25. The summed E-state index contributed by atoms with van der Waals surface area (Å²) in [5.74, 6) is -1.41. The molecule has 0 aromatic carbocycles. The molecule has 0 amide bonds. The average molecular weight is 387 g/mol. The first-order chi connectivity index (χ1) is 7.74. The normalized spacial score (nSPS) is 12.0. The van der Waals surface area contributed by atoms with Gasteiger partial charge >= 0.3 is 6.36 Å². The third kappa shape index (κ3) is 4.09. The van der Waals surface area contributed by atoms with E-state index in [9.17, 15) is 22.0 Å². The third-order valence-corrected chi connectivity index (χ3v) is 2.45. The van der Waals surface area contributed by atoms with E-state index in [1.807, 2.05) is 0 Å². The van der Waals surface area contributed by atoms with Crippen LogP contribution in [0.4, 0.5) is 22.0 Å². The van der Waals surface area contributed by atoms with Gasteiger partial charge < -0.3 is 4.74 Å². The molecule has 0 radical (unpaired) electrons. The van der Waals surface area contributed by atoms with Gasteiger partial charge in [0.05, 0.1) is 5.88 Å². The minimum absolute atomic E-state index is 0.114. The largest absolute Gasteiger partial charge is 0.573 e. The van der Waals surface area contributed by atoms with E-state index in [1.165, 1.54) is 0 Å². The second-order valence-electron chi connectivity index (χ2n) is 2.80. The van der Waals surface area contributed by atoms with Crippen molar-refractivity contribution < 1.29 is 26.7 Å². The van der Waals surface area contributed by atoms with Crippen molar-refractivity contribution in [1.29, 1.82) is 0 Å². The van der Waals surface area contributed by atoms with E-state index in [-0.39, 0.29) is 15.1 Å². The van der Waals surface area contributed by atoms with Gasteiger partial charge in [-0.15, -0.1) is 24.8 Å². The van der Waals surface area contributed by atoms with Gasteiger partial charge in [0, 0.05) is 5.56 Å². The molecule has 0 aliphatic heterocycles. The Morgan fingerprint density at radius 3 is 2.41 bits per heavy atom. The van der Waals surface area contributed by atoms with Crippen molar-refractivity contribution in [3.63, 3.8) is 0 Å². The Kier molecular flexibility index (Phi) is 4.76. The van der Waals surface area contributed by atoms with Gasteiger partial charge in [0.15, 0.2) is 11.4 Å². The minimum Gasteiger partial charge on any atom is -0.403 e. The molecular formula is C8H4ClF5INO. The maximum absolute atomic E-state index is 12.5. The number of halogens is 7. The zero-order chi connectivity index (χ0) is 13.2. The number of alkyl halides is 6. The van der Waals surface area contributed by atoms with Crippen LogP contribution in [0.1, 0.15) is 17.7 Å². The molecule has 2 nitrogen and oxygen atoms in total. The zero-order valence-corrected chi connectivity index (χ0v) is 10.8. The van der Waals surface area contributed by atoms with E-state index in [4.69, 9.17) is 11.6 Å². The first-order valence-corrected chi connectivity index (χ1v) is 5.65. The number of nitrogens with zero attached hydrogens (tertiary/aromatic N) is 1. The molecule has 0 aliphatic rings. The van der Waals surface area contributed by atoms with Crippen molar-refractivity contribution in [2.75, 3.05) is 0 Å². The topological polar surface area (TPSA) is 22.1 Å². The number of ether oxygens (including phenoxy) is 1. The van der Waals surface area contributed by atoms with Crippen LogP contribution in [0.25, 0.3) is 0 Å². The predicted octanol–water partition coefficient (Wildman–Crippen LogP) is 4.26. The molecule has 0 saturated heterocycles. The molecule has 1 rings (SSSR count). The molecule has 0 aliphatic carbocycles. The van der Waals surface area contributed by atoms with Crippen LogP contribution < -0.4 is 4.74 Å². The minimum atomic E-state index is -5.07. The van der Waals surface area contributed by atoms with Gasteiger partial charge in [0.25, 0.3) is 6.43 Å². The fourth-order valence-corrected chi connectivity index (χ4v) is 1.89. The fraction of sp³-hybridized carbons (Fsp3) is 0.375. The summed E-state index contributed by atoms with van der Waals surface area (Å²) in [6.07, 6.45) is -8.25. The predicted molar refractivity (Wildman–Crippen MR) is 58.2 cm³/mol. The summed E-state index contributed by atoms with van der Waals surface area (Å²) in [4.78, 5) is 3.32. The second-order valence-corrected chi connectivity index (χ2v) is 4.17. The summed E-state index contributed by atoms with van der Waals surface area (Å²) < 4.78 is 64.9. The molecule has 9 heteroatoms. The van der Waals surface area contributed by atoms with Gasteiger partial charge in [0.2, 0.25) is 0 Å². The number of pyridine rings is 1. The highest BCUT2D eigenvalue weighted by atomic mass is 127. The van der Waals surface area contributed by atoms with Crippen LogP contribution >= 0.6 is 34.2 Å². The molecule has 17 heavy (non-hydrogen) atoms. The molecule has 0 saturated carbocycles. The third-order valence-electron chi connectivity index (χ3n) is 1.61. The van der Waals surface area contributed by atoms with Gasteiger partial charge in [-0.1, -0.05) is 0 Å². The Labute approximate surface area is 111 Å². The van der Waals surface area contributed by atoms with E-state index in [1.54, 1.807) is 22.6 Å². The van der Waals surface area contributed by atoms with Crippen LogP contribution in [-0.2, 0) is 5.88 Å². The second kappa shape index (κ2) is 5.51. The van der Waals surface area contributed by atoms with Crippen LogP contribution in [0.3, 0.4) is 0 Å². The lowest BCUT2D eigenvalue weighted by Crippen LogP contribution is -2.20. The summed E-state index contributed by atoms with van der Waals surface area (Å²) in [6, 6.07) is 1.15. The van der Waals surface area contributed by atoms with Gasteiger partial charge in [0.1, 0.15) is 3.70 Å². The van der Waals surface area contributed by atoms with Crippen molar-refractivity contribution in [1.82, 2.24) is 4.98 Å². The monoisotopic (exact) mass is 387 g/mol. The van der Waals surface area contributed by atoms with E-state index < -0.39 is 24.2 Å². The first-order valence-electron chi connectivity index (χ1n) is 4.03. The van der Waals surface area contributed by atoms with Crippen molar-refractivity contribution in [3.8, 4) is 5.75 Å². The average Bonchev–Trinajstić information content (AvgIpc) is 2.17. The standard InChI is InChI=1S/C8H4ClF5INO/c9-2-3-1-4(15)16-5(7(10)11)6(3)17-8(12,13)14/h1,7H,2H2. The molecule has 0 N–H and O–H groups in total. The smallest absolute Gasteiger partial charge is 0.403 e. The summed E-state index contributed by atoms with van der Waals surface area (Å²) in [6.45, 7) is 0. The fourth-order valence-electron chi connectivity index (χ4n) is 1.05. The molecule has 0 unspecified atom stereocenters. The molecule has 0 spiro atoms. The molecule has 0 bridgehead atoms. The maximum atomic E-state index is 12.5. The molecular weight excluding hydrogens is 383 g/mol. The number of rotatable bonds is 3. The SMILES string of the molecule is FC(F)c1nc(I)cc(CCl)c1OC(F)(F)F.